The molecule has 0 aromatic rings. The molecule has 0 fully saturated rings. The van der Waals surface area contributed by atoms with E-state index in [1.165, 1.54) is 0 Å². The molecule has 0 heterocycles. The van der Waals surface area contributed by atoms with Crippen LogP contribution in [-0.4, -0.2) is 19.1 Å². The van der Waals surface area contributed by atoms with Crippen LogP contribution in [0.5, 0.6) is 0 Å². The van der Waals surface area contributed by atoms with E-state index >= 15 is 0 Å². The molecule has 1 atom stereocenters. The summed E-state index contributed by atoms with van der Waals surface area (Å²) in [4.78, 5) is 0. The Hall–Kier alpha value is -0.120. The molecule has 0 aromatic heterocycles. The third-order valence-corrected chi connectivity index (χ3v) is 1.62. The summed E-state index contributed by atoms with van der Waals surface area (Å²) in [5.41, 5.74) is 16.4. The van der Waals surface area contributed by atoms with E-state index in [0.29, 0.717) is 6.54 Å². The summed E-state index contributed by atoms with van der Waals surface area (Å²) < 4.78 is 0. The van der Waals surface area contributed by atoms with Crippen molar-refractivity contribution < 1.29 is 0 Å². The summed E-state index contributed by atoms with van der Waals surface area (Å²) in [7, 11) is 0. The first kappa shape index (κ1) is 10.9. The van der Waals surface area contributed by atoms with Gasteiger partial charge in [0.25, 0.3) is 0 Å². The first-order chi connectivity index (χ1) is 5.31. The maximum Gasteiger partial charge on any atom is 0.00535 e. The van der Waals surface area contributed by atoms with Crippen LogP contribution in [0.25, 0.3) is 0 Å². The fourth-order valence-corrected chi connectivity index (χ4v) is 0.926. The molecule has 67 valence electrons. The van der Waals surface area contributed by atoms with Crippen LogP contribution in [0.15, 0.2) is 0 Å². The van der Waals surface area contributed by atoms with Crippen LogP contribution in [0.1, 0.15) is 25.7 Å². The monoisotopic (exact) mass is 158 g/mol. The summed E-state index contributed by atoms with van der Waals surface area (Å²) in [5.74, 6) is 0. The van der Waals surface area contributed by atoms with Crippen molar-refractivity contribution in [2.24, 2.45) is 17.2 Å². The molecule has 1 radical (unpaired) electrons. The van der Waals surface area contributed by atoms with Crippen LogP contribution < -0.4 is 17.2 Å². The normalized spacial score (nSPS) is 13.4. The van der Waals surface area contributed by atoms with Crippen molar-refractivity contribution in [1.82, 2.24) is 0 Å². The molecule has 0 saturated carbocycles. The van der Waals surface area contributed by atoms with Crippen molar-refractivity contribution in [2.45, 2.75) is 31.7 Å². The molecule has 0 rings (SSSR count). The van der Waals surface area contributed by atoms with Gasteiger partial charge in [0.05, 0.1) is 0 Å². The van der Waals surface area contributed by atoms with E-state index in [0.717, 1.165) is 32.2 Å². The third kappa shape index (κ3) is 7.78. The summed E-state index contributed by atoms with van der Waals surface area (Å²) in [6.07, 6.45) is 6.23. The smallest absolute Gasteiger partial charge is 0.00535 e. The van der Waals surface area contributed by atoms with Crippen molar-refractivity contribution in [1.29, 1.82) is 0 Å². The van der Waals surface area contributed by atoms with Crippen molar-refractivity contribution >= 4 is 0 Å². The fraction of sp³-hybridized carbons (Fsp3) is 0.875. The van der Waals surface area contributed by atoms with E-state index in [1.807, 2.05) is 0 Å². The summed E-state index contributed by atoms with van der Waals surface area (Å²) in [5, 5.41) is 0. The van der Waals surface area contributed by atoms with Gasteiger partial charge in [-0.25, -0.2) is 0 Å². The lowest BCUT2D eigenvalue weighted by molar-refractivity contribution is 0.596. The quantitative estimate of drug-likeness (QED) is 0.456. The van der Waals surface area contributed by atoms with Crippen LogP contribution >= 0.6 is 0 Å². The fourth-order valence-electron chi connectivity index (χ4n) is 0.926. The number of unbranched alkanes of at least 4 members (excludes halogenated alkanes) is 2. The molecule has 0 amide bonds. The highest BCUT2D eigenvalue weighted by atomic mass is 14.6. The molecule has 0 spiro atoms. The molecule has 11 heavy (non-hydrogen) atoms. The summed E-state index contributed by atoms with van der Waals surface area (Å²) in [6.45, 7) is 1.45. The first-order valence-electron chi connectivity index (χ1n) is 4.28. The molecule has 6 N–H and O–H groups in total. The minimum absolute atomic E-state index is 0.248. The van der Waals surface area contributed by atoms with Crippen molar-refractivity contribution in [3.05, 3.63) is 6.42 Å². The maximum absolute atomic E-state index is 5.72. The zero-order chi connectivity index (χ0) is 8.53. The van der Waals surface area contributed by atoms with E-state index in [1.54, 1.807) is 0 Å². The van der Waals surface area contributed by atoms with E-state index in [9.17, 15) is 0 Å². The second-order valence-corrected chi connectivity index (χ2v) is 2.79. The SMILES string of the molecule is NCCC[CH]CC(N)CCN. The molecule has 0 bridgehead atoms. The van der Waals surface area contributed by atoms with Crippen LogP contribution in [0, 0.1) is 6.42 Å². The van der Waals surface area contributed by atoms with Gasteiger partial charge in [0.15, 0.2) is 0 Å². The van der Waals surface area contributed by atoms with Gasteiger partial charge in [-0.1, -0.05) is 0 Å². The zero-order valence-corrected chi connectivity index (χ0v) is 7.13. The molecule has 0 saturated heterocycles. The lowest BCUT2D eigenvalue weighted by atomic mass is 10.1. The number of nitrogens with two attached hydrogens (primary N) is 3. The lowest BCUT2D eigenvalue weighted by Crippen LogP contribution is -2.23. The predicted molar refractivity (Wildman–Crippen MR) is 48.9 cm³/mol. The van der Waals surface area contributed by atoms with Gasteiger partial charge in [0.1, 0.15) is 0 Å². The average Bonchev–Trinajstić information content (AvgIpc) is 1.99. The van der Waals surface area contributed by atoms with Gasteiger partial charge in [-0.3, -0.25) is 0 Å². The van der Waals surface area contributed by atoms with Crippen LogP contribution in [0.4, 0.5) is 0 Å². The van der Waals surface area contributed by atoms with E-state index in [4.69, 9.17) is 17.2 Å². The Morgan fingerprint density at radius 2 is 1.91 bits per heavy atom. The van der Waals surface area contributed by atoms with E-state index < -0.39 is 0 Å². The zero-order valence-electron chi connectivity index (χ0n) is 7.13. The van der Waals surface area contributed by atoms with Crippen molar-refractivity contribution in [3.63, 3.8) is 0 Å². The Labute approximate surface area is 69.3 Å². The number of hydrogen-bond donors (Lipinski definition) is 3. The van der Waals surface area contributed by atoms with Gasteiger partial charge in [-0.15, -0.1) is 0 Å². The van der Waals surface area contributed by atoms with E-state index in [-0.39, 0.29) is 6.04 Å². The molecule has 1 unspecified atom stereocenters. The predicted octanol–water partition coefficient (Wildman–Crippen LogP) is -0.00421. The minimum atomic E-state index is 0.248. The second-order valence-electron chi connectivity index (χ2n) is 2.79. The Morgan fingerprint density at radius 3 is 2.45 bits per heavy atom. The van der Waals surface area contributed by atoms with Gasteiger partial charge >= 0.3 is 0 Å². The maximum atomic E-state index is 5.72. The van der Waals surface area contributed by atoms with Crippen LogP contribution in [0.3, 0.4) is 0 Å². The summed E-state index contributed by atoms with van der Waals surface area (Å²) in [6, 6.07) is 0.248. The van der Waals surface area contributed by atoms with Gasteiger partial charge in [0.2, 0.25) is 0 Å². The molecule has 0 aliphatic carbocycles. The Balaban J connectivity index is 2.97. The van der Waals surface area contributed by atoms with Crippen LogP contribution in [-0.2, 0) is 0 Å². The van der Waals surface area contributed by atoms with Crippen molar-refractivity contribution in [3.8, 4) is 0 Å². The van der Waals surface area contributed by atoms with E-state index in [2.05, 4.69) is 6.42 Å². The molecular formula is C8H20N3. The Bertz CT molecular complexity index is 75.7. The highest BCUT2D eigenvalue weighted by Crippen LogP contribution is 2.01. The van der Waals surface area contributed by atoms with Gasteiger partial charge in [0, 0.05) is 6.04 Å². The number of hydrogen-bond acceptors (Lipinski definition) is 3. The largest absolute Gasteiger partial charge is 0.330 e. The average molecular weight is 158 g/mol. The highest BCUT2D eigenvalue weighted by Gasteiger charge is 1.99. The highest BCUT2D eigenvalue weighted by molar-refractivity contribution is 4.73. The molecule has 3 heteroatoms. The first-order valence-corrected chi connectivity index (χ1v) is 4.28. The number of rotatable bonds is 7. The standard InChI is InChI=1S/C8H20N3/c9-6-3-1-2-4-8(11)5-7-10/h2,8H,1,3-7,9-11H2. The lowest BCUT2D eigenvalue weighted by Gasteiger charge is -2.08. The second kappa shape index (κ2) is 7.98. The van der Waals surface area contributed by atoms with Gasteiger partial charge in [-0.05, 0) is 45.2 Å². The molecule has 3 nitrogen and oxygen atoms in total. The third-order valence-electron chi connectivity index (χ3n) is 1.62. The molecule has 0 aliphatic heterocycles. The topological polar surface area (TPSA) is 78.1 Å². The Kier molecular flexibility index (Phi) is 7.89. The van der Waals surface area contributed by atoms with Gasteiger partial charge in [-0.2, -0.15) is 0 Å². The summed E-state index contributed by atoms with van der Waals surface area (Å²) >= 11 is 0. The molecular weight excluding hydrogens is 138 g/mol. The van der Waals surface area contributed by atoms with Crippen molar-refractivity contribution in [2.75, 3.05) is 13.1 Å². The van der Waals surface area contributed by atoms with Crippen LogP contribution in [0.2, 0.25) is 0 Å². The molecule has 0 aromatic carbocycles. The Morgan fingerprint density at radius 1 is 1.18 bits per heavy atom. The molecule has 0 aliphatic rings. The minimum Gasteiger partial charge on any atom is -0.330 e. The van der Waals surface area contributed by atoms with Gasteiger partial charge < -0.3 is 17.2 Å².